The maximum absolute atomic E-state index is 12.6. The van der Waals surface area contributed by atoms with Crippen molar-refractivity contribution in [3.63, 3.8) is 0 Å². The van der Waals surface area contributed by atoms with Crippen molar-refractivity contribution in [1.29, 1.82) is 0 Å². The van der Waals surface area contributed by atoms with Crippen molar-refractivity contribution in [3.05, 3.63) is 48.0 Å². The van der Waals surface area contributed by atoms with Crippen LogP contribution in [-0.4, -0.2) is 41.0 Å². The molecule has 8 nitrogen and oxygen atoms in total. The highest BCUT2D eigenvalue weighted by Gasteiger charge is 2.27. The van der Waals surface area contributed by atoms with E-state index in [2.05, 4.69) is 4.72 Å². The van der Waals surface area contributed by atoms with Crippen LogP contribution in [0, 0.1) is 0 Å². The van der Waals surface area contributed by atoms with E-state index in [-0.39, 0.29) is 23.3 Å². The fraction of sp³-hybridized carbons (Fsp3) is 0.333. The van der Waals surface area contributed by atoms with Crippen molar-refractivity contribution in [2.45, 2.75) is 30.6 Å². The van der Waals surface area contributed by atoms with Crippen LogP contribution in [0.4, 0.5) is 5.69 Å². The zero-order chi connectivity index (χ0) is 21.7. The van der Waals surface area contributed by atoms with Gasteiger partial charge in [0.15, 0.2) is 0 Å². The van der Waals surface area contributed by atoms with Crippen molar-refractivity contribution in [2.24, 2.45) is 0 Å². The molecule has 0 unspecified atom stereocenters. The number of anilines is 1. The van der Waals surface area contributed by atoms with Gasteiger partial charge in [0.1, 0.15) is 11.5 Å². The molecule has 0 saturated carbocycles. The molecule has 0 aromatic heterocycles. The Morgan fingerprint density at radius 1 is 0.967 bits per heavy atom. The molecule has 0 bridgehead atoms. The SMILES string of the molecule is COc1ccc(OC)c(CCNS(=O)(=O)c2ccc(N3C(=O)CCCC3=O)cc2)c1. The van der Waals surface area contributed by atoms with Gasteiger partial charge in [-0.05, 0) is 60.9 Å². The first-order valence-corrected chi connectivity index (χ1v) is 11.0. The Morgan fingerprint density at radius 2 is 1.63 bits per heavy atom. The molecule has 0 spiro atoms. The second-order valence-corrected chi connectivity index (χ2v) is 8.56. The van der Waals surface area contributed by atoms with Crippen LogP contribution < -0.4 is 19.1 Å². The maximum Gasteiger partial charge on any atom is 0.240 e. The molecule has 30 heavy (non-hydrogen) atoms. The van der Waals surface area contributed by atoms with E-state index in [1.165, 1.54) is 24.3 Å². The monoisotopic (exact) mass is 432 g/mol. The molecular weight excluding hydrogens is 408 g/mol. The summed E-state index contributed by atoms with van der Waals surface area (Å²) in [7, 11) is -0.642. The first kappa shape index (κ1) is 21.8. The Morgan fingerprint density at radius 3 is 2.23 bits per heavy atom. The smallest absolute Gasteiger partial charge is 0.240 e. The van der Waals surface area contributed by atoms with Gasteiger partial charge >= 0.3 is 0 Å². The molecule has 2 aromatic rings. The summed E-state index contributed by atoms with van der Waals surface area (Å²) in [5, 5.41) is 0. The predicted octanol–water partition coefficient (Wildman–Crippen LogP) is 2.27. The lowest BCUT2D eigenvalue weighted by Crippen LogP contribution is -2.40. The van der Waals surface area contributed by atoms with Gasteiger partial charge in [-0.3, -0.25) is 14.5 Å². The van der Waals surface area contributed by atoms with Crippen molar-refractivity contribution >= 4 is 27.5 Å². The summed E-state index contributed by atoms with van der Waals surface area (Å²) >= 11 is 0. The summed E-state index contributed by atoms with van der Waals surface area (Å²) in [5.74, 6) is 0.765. The lowest BCUT2D eigenvalue weighted by atomic mass is 10.1. The normalized spacial score (nSPS) is 14.7. The van der Waals surface area contributed by atoms with Crippen LogP contribution in [0.15, 0.2) is 47.4 Å². The average molecular weight is 432 g/mol. The molecule has 1 aliphatic rings. The van der Waals surface area contributed by atoms with E-state index in [1.54, 1.807) is 32.4 Å². The number of nitrogens with one attached hydrogen (secondary N) is 1. The molecule has 0 atom stereocenters. The molecule has 2 aromatic carbocycles. The van der Waals surface area contributed by atoms with Gasteiger partial charge in [0, 0.05) is 19.4 Å². The average Bonchev–Trinajstić information content (AvgIpc) is 2.74. The first-order chi connectivity index (χ1) is 14.4. The molecule has 1 fully saturated rings. The van der Waals surface area contributed by atoms with Crippen LogP contribution >= 0.6 is 0 Å². The number of amides is 2. The number of piperidine rings is 1. The minimum absolute atomic E-state index is 0.0563. The fourth-order valence-electron chi connectivity index (χ4n) is 3.30. The molecule has 160 valence electrons. The van der Waals surface area contributed by atoms with Crippen LogP contribution in [0.5, 0.6) is 11.5 Å². The number of carbonyl (C=O) groups excluding carboxylic acids is 2. The number of ether oxygens (including phenoxy) is 2. The number of methoxy groups -OCH3 is 2. The zero-order valence-electron chi connectivity index (χ0n) is 16.9. The summed E-state index contributed by atoms with van der Waals surface area (Å²) < 4.78 is 38.3. The molecule has 2 amide bonds. The van der Waals surface area contributed by atoms with Gasteiger partial charge in [-0.25, -0.2) is 13.1 Å². The molecule has 1 saturated heterocycles. The van der Waals surface area contributed by atoms with Gasteiger partial charge in [-0.1, -0.05) is 0 Å². The number of hydrogen-bond donors (Lipinski definition) is 1. The van der Waals surface area contributed by atoms with Gasteiger partial charge in [0.2, 0.25) is 21.8 Å². The highest BCUT2D eigenvalue weighted by atomic mass is 32.2. The Kier molecular flexibility index (Phi) is 6.73. The van der Waals surface area contributed by atoms with Gasteiger partial charge in [0.25, 0.3) is 0 Å². The molecule has 0 aliphatic carbocycles. The quantitative estimate of drug-likeness (QED) is 0.642. The molecule has 3 rings (SSSR count). The van der Waals surface area contributed by atoms with E-state index in [0.717, 1.165) is 10.5 Å². The summed E-state index contributed by atoms with van der Waals surface area (Å²) in [6.45, 7) is 0.163. The lowest BCUT2D eigenvalue weighted by molar-refractivity contribution is -0.129. The highest BCUT2D eigenvalue weighted by molar-refractivity contribution is 7.89. The van der Waals surface area contributed by atoms with Gasteiger partial charge < -0.3 is 9.47 Å². The van der Waals surface area contributed by atoms with Crippen molar-refractivity contribution in [3.8, 4) is 11.5 Å². The predicted molar refractivity (Wildman–Crippen MR) is 111 cm³/mol. The zero-order valence-corrected chi connectivity index (χ0v) is 17.7. The number of sulfonamides is 1. The molecule has 1 heterocycles. The van der Waals surface area contributed by atoms with Crippen LogP contribution in [-0.2, 0) is 26.0 Å². The van der Waals surface area contributed by atoms with E-state index >= 15 is 0 Å². The molecular formula is C21H24N2O6S. The minimum Gasteiger partial charge on any atom is -0.497 e. The first-order valence-electron chi connectivity index (χ1n) is 9.52. The Hall–Kier alpha value is -2.91. The van der Waals surface area contributed by atoms with Gasteiger partial charge in [-0.2, -0.15) is 0 Å². The number of carbonyl (C=O) groups is 2. The van der Waals surface area contributed by atoms with E-state index in [0.29, 0.717) is 42.9 Å². The fourth-order valence-corrected chi connectivity index (χ4v) is 4.33. The largest absolute Gasteiger partial charge is 0.497 e. The van der Waals surface area contributed by atoms with E-state index in [9.17, 15) is 18.0 Å². The van der Waals surface area contributed by atoms with E-state index in [4.69, 9.17) is 9.47 Å². The van der Waals surface area contributed by atoms with E-state index < -0.39 is 10.0 Å². The second kappa shape index (κ2) is 9.27. The Labute approximate surface area is 175 Å². The maximum atomic E-state index is 12.6. The van der Waals surface area contributed by atoms with Crippen LogP contribution in [0.25, 0.3) is 0 Å². The van der Waals surface area contributed by atoms with Crippen LogP contribution in [0.2, 0.25) is 0 Å². The highest BCUT2D eigenvalue weighted by Crippen LogP contribution is 2.25. The molecule has 1 aliphatic heterocycles. The summed E-state index contributed by atoms with van der Waals surface area (Å²) in [4.78, 5) is 25.2. The Balaban J connectivity index is 1.68. The minimum atomic E-state index is -3.75. The number of rotatable bonds is 8. The third kappa shape index (κ3) is 4.80. The van der Waals surface area contributed by atoms with E-state index in [1.807, 2.05) is 0 Å². The second-order valence-electron chi connectivity index (χ2n) is 6.80. The molecule has 1 N–H and O–H groups in total. The summed E-state index contributed by atoms with van der Waals surface area (Å²) in [6, 6.07) is 11.1. The third-order valence-electron chi connectivity index (χ3n) is 4.86. The summed E-state index contributed by atoms with van der Waals surface area (Å²) in [5.41, 5.74) is 1.20. The number of hydrogen-bond acceptors (Lipinski definition) is 6. The van der Waals surface area contributed by atoms with Crippen molar-refractivity contribution in [1.82, 2.24) is 4.72 Å². The lowest BCUT2D eigenvalue weighted by Gasteiger charge is -2.24. The van der Waals surface area contributed by atoms with Gasteiger partial charge in [-0.15, -0.1) is 0 Å². The standard InChI is InChI=1S/C21H24N2O6S/c1-28-17-8-11-19(29-2)15(14-17)12-13-22-30(26,27)18-9-6-16(7-10-18)23-20(24)4-3-5-21(23)25/h6-11,14,22H,3-5,12-13H2,1-2H3. The van der Waals surface area contributed by atoms with Crippen molar-refractivity contribution < 1.29 is 27.5 Å². The van der Waals surface area contributed by atoms with Crippen molar-refractivity contribution in [2.75, 3.05) is 25.7 Å². The Bertz CT molecular complexity index is 1020. The van der Waals surface area contributed by atoms with Gasteiger partial charge in [0.05, 0.1) is 24.8 Å². The number of nitrogens with zero attached hydrogens (tertiary/aromatic N) is 1. The third-order valence-corrected chi connectivity index (χ3v) is 6.34. The summed E-state index contributed by atoms with van der Waals surface area (Å²) in [6.07, 6.45) is 1.57. The number of benzene rings is 2. The van der Waals surface area contributed by atoms with Crippen LogP contribution in [0.1, 0.15) is 24.8 Å². The molecule has 9 heteroatoms. The topological polar surface area (TPSA) is 102 Å². The van der Waals surface area contributed by atoms with Crippen LogP contribution in [0.3, 0.4) is 0 Å². The molecule has 0 radical (unpaired) electrons. The number of imide groups is 1.